The third kappa shape index (κ3) is 7.29. The van der Waals surface area contributed by atoms with E-state index in [-0.39, 0.29) is 12.0 Å². The molecule has 5 aliphatic rings. The van der Waals surface area contributed by atoms with Crippen molar-refractivity contribution in [3.05, 3.63) is 70.3 Å². The lowest BCUT2D eigenvalue weighted by Gasteiger charge is -2.44. The summed E-state index contributed by atoms with van der Waals surface area (Å²) in [5.74, 6) is 0.799. The molecule has 11 heteroatoms. The number of morpholine rings is 1. The summed E-state index contributed by atoms with van der Waals surface area (Å²) >= 11 is 6.37. The van der Waals surface area contributed by atoms with Gasteiger partial charge in [-0.3, -0.25) is 9.69 Å². The van der Waals surface area contributed by atoms with Gasteiger partial charge in [0.1, 0.15) is 12.4 Å². The van der Waals surface area contributed by atoms with E-state index in [0.717, 1.165) is 94.3 Å². The van der Waals surface area contributed by atoms with E-state index in [1.54, 1.807) is 13.0 Å². The highest BCUT2D eigenvalue weighted by molar-refractivity contribution is 7.91. The number of fused-ring (bicyclic) bond motifs is 4. The Morgan fingerprint density at radius 3 is 2.73 bits per heavy atom. The Balaban J connectivity index is 1.20. The number of nitrogens with one attached hydrogen (secondary N) is 1. The fourth-order valence-electron chi connectivity index (χ4n) is 7.85. The fourth-order valence-corrected chi connectivity index (χ4v) is 9.59. The molecule has 7 rings (SSSR count). The van der Waals surface area contributed by atoms with Gasteiger partial charge in [-0.15, -0.1) is 0 Å². The van der Waals surface area contributed by atoms with Gasteiger partial charge in [-0.1, -0.05) is 29.8 Å². The maximum Gasteiger partial charge on any atom is 0.264 e. The quantitative estimate of drug-likeness (QED) is 0.413. The molecule has 0 spiro atoms. The van der Waals surface area contributed by atoms with Crippen LogP contribution in [-0.4, -0.2) is 82.6 Å². The molecule has 48 heavy (non-hydrogen) atoms. The van der Waals surface area contributed by atoms with Gasteiger partial charge in [0, 0.05) is 43.3 Å². The van der Waals surface area contributed by atoms with Crippen molar-refractivity contribution >= 4 is 33.2 Å². The minimum Gasteiger partial charge on any atom is -0.487 e. The molecular formula is C37H48ClN3O6S. The molecule has 2 saturated carbocycles. The van der Waals surface area contributed by atoms with E-state index < -0.39 is 20.7 Å². The molecule has 9 nitrogen and oxygen atoms in total. The van der Waals surface area contributed by atoms with Crippen LogP contribution >= 0.6 is 11.6 Å². The lowest BCUT2D eigenvalue weighted by Crippen LogP contribution is -2.45. The lowest BCUT2D eigenvalue weighted by atomic mass is 9.70. The van der Waals surface area contributed by atoms with Gasteiger partial charge in [-0.05, 0) is 111 Å². The maximum absolute atomic E-state index is 13.5. The summed E-state index contributed by atoms with van der Waals surface area (Å²) in [6.45, 7) is 8.63. The highest BCUT2D eigenvalue weighted by Gasteiger charge is 2.59. The van der Waals surface area contributed by atoms with Gasteiger partial charge in [0.2, 0.25) is 10.0 Å². The third-order valence-corrected chi connectivity index (χ3v) is 13.8. The number of amides is 1. The predicted octanol–water partition coefficient (Wildman–Crippen LogP) is 5.60. The number of allylic oxidation sites excluding steroid dienone is 1. The first-order valence-corrected chi connectivity index (χ1v) is 19.5. The molecule has 2 aromatic carbocycles. The van der Waals surface area contributed by atoms with Gasteiger partial charge in [0.25, 0.3) is 5.91 Å². The summed E-state index contributed by atoms with van der Waals surface area (Å²) in [7, 11) is -3.90. The number of carbonyl (C=O) groups excluding carboxylic acids is 1. The minimum absolute atomic E-state index is 0.0377. The van der Waals surface area contributed by atoms with E-state index in [4.69, 9.17) is 25.8 Å². The van der Waals surface area contributed by atoms with Gasteiger partial charge in [0.05, 0.1) is 36.4 Å². The second kappa shape index (κ2) is 14.3. The highest BCUT2D eigenvalue weighted by atomic mass is 35.5. The van der Waals surface area contributed by atoms with E-state index in [1.165, 1.54) is 5.56 Å². The molecule has 0 radical (unpaired) electrons. The topological polar surface area (TPSA) is 97.4 Å². The second-order valence-electron chi connectivity index (χ2n) is 14.4. The van der Waals surface area contributed by atoms with Crippen LogP contribution in [0.5, 0.6) is 5.75 Å². The van der Waals surface area contributed by atoms with Gasteiger partial charge in [-0.25, -0.2) is 13.1 Å². The number of aryl methyl sites for hydroxylation is 1. The highest BCUT2D eigenvalue weighted by Crippen LogP contribution is 2.52. The van der Waals surface area contributed by atoms with Crippen LogP contribution in [0.4, 0.5) is 5.69 Å². The third-order valence-electron chi connectivity index (χ3n) is 11.4. The Kier molecular flexibility index (Phi) is 10.1. The van der Waals surface area contributed by atoms with Crippen LogP contribution in [0.25, 0.3) is 0 Å². The van der Waals surface area contributed by atoms with Crippen molar-refractivity contribution in [2.75, 3.05) is 57.4 Å². The summed E-state index contributed by atoms with van der Waals surface area (Å²) in [6, 6.07) is 11.3. The number of ether oxygens (including phenoxy) is 3. The summed E-state index contributed by atoms with van der Waals surface area (Å²) in [5.41, 5.74) is 3.43. The average molecular weight is 698 g/mol. The van der Waals surface area contributed by atoms with E-state index in [9.17, 15) is 13.2 Å². The molecule has 0 unspecified atom stereocenters. The van der Waals surface area contributed by atoms with Gasteiger partial charge in [-0.2, -0.15) is 0 Å². The van der Waals surface area contributed by atoms with Crippen molar-refractivity contribution in [1.29, 1.82) is 0 Å². The number of anilines is 1. The van der Waals surface area contributed by atoms with E-state index in [1.807, 2.05) is 30.3 Å². The number of nitrogens with zero attached hydrogens (tertiary/aromatic N) is 2. The number of hydrogen-bond acceptors (Lipinski definition) is 8. The smallest absolute Gasteiger partial charge is 0.264 e. The van der Waals surface area contributed by atoms with Crippen LogP contribution in [-0.2, 0) is 32.5 Å². The zero-order chi connectivity index (χ0) is 33.3. The second-order valence-corrected chi connectivity index (χ2v) is 17.0. The molecule has 1 amide bonds. The molecule has 2 aliphatic carbocycles. The summed E-state index contributed by atoms with van der Waals surface area (Å²) in [6.07, 6.45) is 10.5. The van der Waals surface area contributed by atoms with Crippen molar-refractivity contribution in [1.82, 2.24) is 9.62 Å². The molecule has 5 atom stereocenters. The average Bonchev–Trinajstić information content (AvgIpc) is 3.74. The molecule has 2 bridgehead atoms. The molecule has 1 saturated heterocycles. The van der Waals surface area contributed by atoms with E-state index in [0.29, 0.717) is 49.2 Å². The van der Waals surface area contributed by atoms with Crippen molar-refractivity contribution in [3.8, 4) is 5.75 Å². The predicted molar refractivity (Wildman–Crippen MR) is 187 cm³/mol. The molecule has 260 valence electrons. The zero-order valence-electron chi connectivity index (χ0n) is 27.9. The van der Waals surface area contributed by atoms with Crippen LogP contribution < -0.4 is 14.4 Å². The van der Waals surface area contributed by atoms with Gasteiger partial charge >= 0.3 is 0 Å². The molecule has 0 aromatic heterocycles. The fraction of sp³-hybridized carbons (Fsp3) is 0.595. The van der Waals surface area contributed by atoms with Crippen molar-refractivity contribution < 1.29 is 27.4 Å². The Bertz CT molecular complexity index is 1630. The Morgan fingerprint density at radius 2 is 1.92 bits per heavy atom. The molecule has 3 aliphatic heterocycles. The van der Waals surface area contributed by atoms with Gasteiger partial charge in [0.15, 0.2) is 0 Å². The number of hydrogen-bond donors (Lipinski definition) is 1. The van der Waals surface area contributed by atoms with E-state index in [2.05, 4.69) is 26.7 Å². The van der Waals surface area contributed by atoms with Crippen LogP contribution in [0, 0.1) is 17.8 Å². The molecular weight excluding hydrogens is 650 g/mol. The molecule has 3 fully saturated rings. The monoisotopic (exact) mass is 697 g/mol. The Morgan fingerprint density at radius 1 is 1.06 bits per heavy atom. The first-order chi connectivity index (χ1) is 23.2. The molecule has 1 N–H and O–H groups in total. The number of rotatable bonds is 4. The maximum atomic E-state index is 13.5. The Labute approximate surface area is 290 Å². The van der Waals surface area contributed by atoms with Crippen LogP contribution in [0.1, 0.15) is 66.9 Å². The number of carbonyl (C=O) groups is 1. The lowest BCUT2D eigenvalue weighted by molar-refractivity contribution is -0.0313. The van der Waals surface area contributed by atoms with Crippen LogP contribution in [0.2, 0.25) is 5.02 Å². The van der Waals surface area contributed by atoms with Crippen molar-refractivity contribution in [2.24, 2.45) is 17.8 Å². The number of halogens is 1. The van der Waals surface area contributed by atoms with Crippen molar-refractivity contribution in [3.63, 3.8) is 0 Å². The summed E-state index contributed by atoms with van der Waals surface area (Å²) in [4.78, 5) is 18.3. The van der Waals surface area contributed by atoms with Crippen LogP contribution in [0.3, 0.4) is 0 Å². The number of benzene rings is 2. The number of sulfonamides is 1. The van der Waals surface area contributed by atoms with E-state index >= 15 is 0 Å². The first kappa shape index (κ1) is 33.8. The minimum atomic E-state index is -3.90. The Hall–Kier alpha value is -2.63. The SMILES string of the molecule is C[C@@]12C[C@H]1C/C=C\[C@H](OCCN1CCOCC1)[C@@H]1CC[C@H]1CN1CCCCc3cc(Cl)ccc3COc3ccc(cc31)C(=O)NS2(=O)=O. The zero-order valence-corrected chi connectivity index (χ0v) is 29.4. The summed E-state index contributed by atoms with van der Waals surface area (Å²) in [5, 5.41) is 0.721. The van der Waals surface area contributed by atoms with Gasteiger partial charge < -0.3 is 19.1 Å². The summed E-state index contributed by atoms with van der Waals surface area (Å²) < 4.78 is 47.2. The molecule has 3 heterocycles. The largest absolute Gasteiger partial charge is 0.487 e. The van der Waals surface area contributed by atoms with Crippen molar-refractivity contribution in [2.45, 2.75) is 69.3 Å². The standard InChI is InChI=1S/C37H48ClN3O6S/c1-37-23-30(37)6-4-7-34(46-20-17-40-15-18-45-19-16-40)32-12-9-28(32)24-41-14-3-2-5-26-21-31(38)11-8-29(26)25-47-35-13-10-27(22-33(35)41)36(42)39-48(37,43)44/h4,7-8,10-11,13,21-22,28,30,32,34H,2-3,5-6,9,12,14-20,23-25H2,1H3,(H,39,42)/b7-4-/t28-,30+,32+,34-,37+/m0/s1. The normalized spacial score (nSPS) is 31.4. The molecule has 2 aromatic rings. The van der Waals surface area contributed by atoms with Crippen LogP contribution in [0.15, 0.2) is 48.6 Å². The first-order valence-electron chi connectivity index (χ1n) is 17.6.